The van der Waals surface area contributed by atoms with Crippen LogP contribution in [0.25, 0.3) is 0 Å². The first kappa shape index (κ1) is 3.62. The molecule has 1 fully saturated rings. The molecule has 0 radical (unpaired) electrons. The van der Waals surface area contributed by atoms with Crippen molar-refractivity contribution in [2.45, 2.75) is 6.08 Å². The molecule has 0 aliphatic carbocycles. The van der Waals surface area contributed by atoms with E-state index >= 15 is 0 Å². The van der Waals surface area contributed by atoms with Crippen LogP contribution in [0.2, 0.25) is 0 Å². The van der Waals surface area contributed by atoms with Crippen LogP contribution in [0.1, 0.15) is 6.85 Å². The summed E-state index contributed by atoms with van der Waals surface area (Å²) in [4.78, 5) is 3.72. The highest BCUT2D eigenvalue weighted by Crippen LogP contribution is 2.13. The van der Waals surface area contributed by atoms with E-state index in [4.69, 9.17) is 17.3 Å². The molecule has 2 heterocycles. The molecule has 2 rings (SSSR count). The van der Waals surface area contributed by atoms with Crippen LogP contribution in [0.5, 0.6) is 5.88 Å². The van der Waals surface area contributed by atoms with E-state index in [1.165, 1.54) is 18.2 Å². The van der Waals surface area contributed by atoms with Crippen LogP contribution >= 0.6 is 0 Å². The first-order valence-corrected chi connectivity index (χ1v) is 3.30. The highest BCUT2D eigenvalue weighted by Gasteiger charge is 2.20. The van der Waals surface area contributed by atoms with Crippen molar-refractivity contribution in [2.24, 2.45) is 0 Å². The van der Waals surface area contributed by atoms with Gasteiger partial charge < -0.3 is 15.2 Å². The number of hydrogen-bond acceptors (Lipinski definition) is 4. The van der Waals surface area contributed by atoms with Crippen LogP contribution in [-0.4, -0.2) is 24.2 Å². The molecule has 0 saturated carbocycles. The van der Waals surface area contributed by atoms with Crippen molar-refractivity contribution in [3.05, 3.63) is 18.2 Å². The molecule has 1 aromatic rings. The topological polar surface area (TPSA) is 57.4 Å². The summed E-state index contributed by atoms with van der Waals surface area (Å²) in [6.45, 7) is -5.11. The monoisotopic (exact) mass is 171 g/mol. The Morgan fingerprint density at radius 3 is 3.25 bits per heavy atom. The van der Waals surface area contributed by atoms with Gasteiger partial charge in [0.15, 0.2) is 0 Å². The van der Waals surface area contributed by atoms with Crippen molar-refractivity contribution >= 4 is 5.82 Å². The van der Waals surface area contributed by atoms with Gasteiger partial charge in [0.05, 0.1) is 20.0 Å². The average Bonchev–Trinajstić information content (AvgIpc) is 2.15. The van der Waals surface area contributed by atoms with E-state index < -0.39 is 19.2 Å². The van der Waals surface area contributed by atoms with E-state index in [9.17, 15) is 0 Å². The Labute approximate surface area is 77.3 Å². The summed E-state index contributed by atoms with van der Waals surface area (Å²) in [6, 6.07) is 4.35. The van der Waals surface area contributed by atoms with Crippen LogP contribution < -0.4 is 10.5 Å². The molecule has 1 aliphatic rings. The number of nitrogens with zero attached hydrogens (tertiary/aromatic N) is 1. The fourth-order valence-corrected chi connectivity index (χ4v) is 0.727. The fourth-order valence-electron chi connectivity index (χ4n) is 0.727. The van der Waals surface area contributed by atoms with E-state index in [1.54, 1.807) is 0 Å². The summed E-state index contributed by atoms with van der Waals surface area (Å²) < 4.78 is 46.2. The van der Waals surface area contributed by atoms with Crippen molar-refractivity contribution in [1.29, 1.82) is 0 Å². The predicted molar refractivity (Wildman–Crippen MR) is 43.9 cm³/mol. The maximum Gasteiger partial charge on any atom is 0.215 e. The van der Waals surface area contributed by atoms with Crippen LogP contribution in [0.4, 0.5) is 5.82 Å². The van der Waals surface area contributed by atoms with Crippen molar-refractivity contribution in [3.63, 3.8) is 0 Å². The van der Waals surface area contributed by atoms with Gasteiger partial charge in [0.1, 0.15) is 11.9 Å². The summed E-state index contributed by atoms with van der Waals surface area (Å²) in [7, 11) is 0. The summed E-state index contributed by atoms with van der Waals surface area (Å²) in [5.74, 6) is 0.00325. The second kappa shape index (κ2) is 2.98. The second-order valence-corrected chi connectivity index (χ2v) is 2.14. The van der Waals surface area contributed by atoms with E-state index in [0.717, 1.165) is 0 Å². The fraction of sp³-hybridized carbons (Fsp3) is 0.375. The first-order valence-electron chi connectivity index (χ1n) is 5.80. The third-order valence-corrected chi connectivity index (χ3v) is 1.24. The van der Waals surface area contributed by atoms with E-state index in [-0.39, 0.29) is 11.7 Å². The maximum atomic E-state index is 7.70. The zero-order valence-electron chi connectivity index (χ0n) is 11.1. The molecule has 64 valence electrons. The van der Waals surface area contributed by atoms with Crippen LogP contribution in [-0.2, 0) is 4.74 Å². The van der Waals surface area contributed by atoms with E-state index in [0.29, 0.717) is 0 Å². The minimum atomic E-state index is -2.55. The number of hydrogen-bond donors (Lipinski definition) is 1. The average molecular weight is 171 g/mol. The van der Waals surface area contributed by atoms with Crippen molar-refractivity contribution < 1.29 is 16.3 Å². The highest BCUT2D eigenvalue weighted by molar-refractivity contribution is 5.31. The summed E-state index contributed by atoms with van der Waals surface area (Å²) in [5, 5.41) is 0. The second-order valence-electron chi connectivity index (χ2n) is 2.14. The van der Waals surface area contributed by atoms with Gasteiger partial charge in [-0.05, 0) is 6.07 Å². The standard InChI is InChI=1S/C8H10N2O2/c9-7-2-1-3-8(10-7)12-6-4-11-5-6/h1-3,6H,4-5H2,(H2,9,10)/i4D2,5D2,6D. The van der Waals surface area contributed by atoms with Crippen LogP contribution in [0, 0.1) is 0 Å². The quantitative estimate of drug-likeness (QED) is 0.701. The number of ether oxygens (including phenoxy) is 2. The molecule has 1 saturated heterocycles. The number of anilines is 1. The van der Waals surface area contributed by atoms with Gasteiger partial charge in [-0.3, -0.25) is 0 Å². The van der Waals surface area contributed by atoms with Crippen molar-refractivity contribution in [2.75, 3.05) is 18.9 Å². The maximum absolute atomic E-state index is 7.70. The molecule has 1 aromatic heterocycles. The molecule has 0 amide bonds. The third kappa shape index (κ3) is 1.48. The zero-order chi connectivity index (χ0) is 12.9. The molecule has 0 bridgehead atoms. The number of aromatic nitrogens is 1. The molecule has 4 heteroatoms. The lowest BCUT2D eigenvalue weighted by atomic mass is 10.3. The van der Waals surface area contributed by atoms with Gasteiger partial charge in [-0.15, -0.1) is 0 Å². The number of pyridine rings is 1. The van der Waals surface area contributed by atoms with Gasteiger partial charge in [0, 0.05) is 6.07 Å². The normalized spacial score (nSPS) is 34.2. The van der Waals surface area contributed by atoms with Gasteiger partial charge >= 0.3 is 0 Å². The van der Waals surface area contributed by atoms with Crippen LogP contribution in [0.15, 0.2) is 18.2 Å². The Morgan fingerprint density at radius 2 is 2.58 bits per heavy atom. The lowest BCUT2D eigenvalue weighted by Gasteiger charge is -2.25. The van der Waals surface area contributed by atoms with Crippen molar-refractivity contribution in [1.82, 2.24) is 4.98 Å². The Kier molecular flexibility index (Phi) is 0.899. The van der Waals surface area contributed by atoms with E-state index in [1.807, 2.05) is 0 Å². The molecule has 4 nitrogen and oxygen atoms in total. The largest absolute Gasteiger partial charge is 0.469 e. The molecule has 0 unspecified atom stereocenters. The Bertz CT molecular complexity index is 439. The minimum absolute atomic E-state index is 0.129. The van der Waals surface area contributed by atoms with Crippen LogP contribution in [0.3, 0.4) is 0 Å². The van der Waals surface area contributed by atoms with E-state index in [2.05, 4.69) is 9.72 Å². The number of rotatable bonds is 2. The molecule has 2 N–H and O–H groups in total. The van der Waals surface area contributed by atoms with Gasteiger partial charge in [0.25, 0.3) is 0 Å². The Hall–Kier alpha value is -1.29. The molecule has 12 heavy (non-hydrogen) atoms. The summed E-state index contributed by atoms with van der Waals surface area (Å²) >= 11 is 0. The summed E-state index contributed by atoms with van der Waals surface area (Å²) in [5.41, 5.74) is 5.40. The first-order chi connectivity index (χ1) is 7.68. The SMILES string of the molecule is [2H]C1([2H])OC([2H])([2H])C1([2H])Oc1cccc(N)n1. The number of nitrogen functional groups attached to an aromatic ring is 1. The molecular formula is C8H10N2O2. The van der Waals surface area contributed by atoms with Gasteiger partial charge in [0.2, 0.25) is 5.88 Å². The Morgan fingerprint density at radius 1 is 1.75 bits per heavy atom. The summed E-state index contributed by atoms with van der Waals surface area (Å²) in [6.07, 6.45) is -2.51. The molecule has 0 atom stereocenters. The third-order valence-electron chi connectivity index (χ3n) is 1.24. The smallest absolute Gasteiger partial charge is 0.215 e. The predicted octanol–water partition coefficient (Wildman–Crippen LogP) is 0.441. The zero-order valence-corrected chi connectivity index (χ0v) is 6.07. The van der Waals surface area contributed by atoms with Gasteiger partial charge in [-0.1, -0.05) is 6.07 Å². The molecular weight excluding hydrogens is 156 g/mol. The minimum Gasteiger partial charge on any atom is -0.469 e. The molecule has 0 aromatic carbocycles. The van der Waals surface area contributed by atoms with Crippen molar-refractivity contribution in [3.8, 4) is 5.88 Å². The molecule has 0 spiro atoms. The Balaban J connectivity index is 2.28. The van der Waals surface area contributed by atoms with Gasteiger partial charge in [-0.2, -0.15) is 4.98 Å². The highest BCUT2D eigenvalue weighted by atomic mass is 16.6. The van der Waals surface area contributed by atoms with Gasteiger partial charge in [-0.25, -0.2) is 0 Å². The lowest BCUT2D eigenvalue weighted by Crippen LogP contribution is -2.38. The molecule has 1 aliphatic heterocycles. The lowest BCUT2D eigenvalue weighted by molar-refractivity contribution is -0.0812. The number of nitrogens with two attached hydrogens (primary N) is 1.